The second kappa shape index (κ2) is 6.70. The third kappa shape index (κ3) is 4.13. The van der Waals surface area contributed by atoms with Gasteiger partial charge in [-0.15, -0.1) is 0 Å². The van der Waals surface area contributed by atoms with Crippen LogP contribution in [0.1, 0.15) is 13.3 Å². The first-order valence-corrected chi connectivity index (χ1v) is 5.48. The molecule has 1 aromatic rings. The first-order chi connectivity index (χ1) is 8.54. The molecule has 0 saturated carbocycles. The molecule has 0 saturated heterocycles. The van der Waals surface area contributed by atoms with Crippen LogP contribution in [0.25, 0.3) is 0 Å². The molecule has 0 aliphatic carbocycles. The van der Waals surface area contributed by atoms with E-state index in [9.17, 15) is 14.9 Å². The van der Waals surface area contributed by atoms with Crippen LogP contribution in [0, 0.1) is 10.1 Å². The Labute approximate surface area is 107 Å². The Morgan fingerprint density at radius 3 is 3.00 bits per heavy atom. The smallest absolute Gasteiger partial charge is 0.329 e. The summed E-state index contributed by atoms with van der Waals surface area (Å²) in [4.78, 5) is 28.3. The maximum Gasteiger partial charge on any atom is 0.329 e. The Morgan fingerprint density at radius 2 is 2.39 bits per heavy atom. The summed E-state index contributed by atoms with van der Waals surface area (Å²) in [5.74, 6) is -0.419. The van der Waals surface area contributed by atoms with Crippen molar-refractivity contribution < 1.29 is 14.5 Å². The molecule has 0 fully saturated rings. The van der Waals surface area contributed by atoms with Gasteiger partial charge in [-0.3, -0.25) is 14.9 Å². The van der Waals surface area contributed by atoms with E-state index >= 15 is 0 Å². The Bertz CT molecular complexity index is 454. The van der Waals surface area contributed by atoms with Crippen LogP contribution in [0.5, 0.6) is 0 Å². The highest BCUT2D eigenvalue weighted by Crippen LogP contribution is 2.21. The lowest BCUT2D eigenvalue weighted by molar-refractivity contribution is -0.384. The molecule has 0 aromatic carbocycles. The molecule has 0 unspecified atom stereocenters. The molecule has 0 atom stereocenters. The van der Waals surface area contributed by atoms with Gasteiger partial charge in [-0.1, -0.05) is 0 Å². The van der Waals surface area contributed by atoms with Crippen molar-refractivity contribution in [1.82, 2.24) is 9.97 Å². The fourth-order valence-electron chi connectivity index (χ4n) is 1.13. The van der Waals surface area contributed by atoms with Crippen LogP contribution in [-0.2, 0) is 9.53 Å². The molecule has 0 aliphatic heterocycles. The number of carbonyl (C=O) groups is 1. The van der Waals surface area contributed by atoms with Crippen LogP contribution in [0.2, 0.25) is 5.28 Å². The number of hydrogen-bond acceptors (Lipinski definition) is 7. The molecule has 1 rings (SSSR count). The second-order valence-corrected chi connectivity index (χ2v) is 3.45. The zero-order valence-corrected chi connectivity index (χ0v) is 10.3. The minimum Gasteiger partial charge on any atom is -0.466 e. The fraction of sp³-hybridized carbons (Fsp3) is 0.444. The Morgan fingerprint density at radius 1 is 1.67 bits per heavy atom. The van der Waals surface area contributed by atoms with E-state index in [2.05, 4.69) is 15.3 Å². The van der Waals surface area contributed by atoms with Crippen LogP contribution in [0.3, 0.4) is 0 Å². The van der Waals surface area contributed by atoms with Gasteiger partial charge in [0.2, 0.25) is 11.1 Å². The quantitative estimate of drug-likeness (QED) is 0.361. The number of carbonyl (C=O) groups excluding carboxylic acids is 1. The van der Waals surface area contributed by atoms with E-state index in [1.807, 2.05) is 0 Å². The third-order valence-corrected chi connectivity index (χ3v) is 2.05. The molecular formula is C9H11ClN4O4. The average Bonchev–Trinajstić information content (AvgIpc) is 2.29. The van der Waals surface area contributed by atoms with Gasteiger partial charge in [0, 0.05) is 6.54 Å². The van der Waals surface area contributed by atoms with Crippen LogP contribution in [-0.4, -0.2) is 34.0 Å². The van der Waals surface area contributed by atoms with E-state index in [1.165, 1.54) is 0 Å². The SMILES string of the molecule is CCOC(=O)CCNc1nc(Cl)ncc1[N+](=O)[O-]. The lowest BCUT2D eigenvalue weighted by Gasteiger charge is -2.05. The minimum atomic E-state index is -0.636. The van der Waals surface area contributed by atoms with Gasteiger partial charge in [-0.2, -0.15) is 4.98 Å². The van der Waals surface area contributed by atoms with Gasteiger partial charge in [0.15, 0.2) is 0 Å². The lowest BCUT2D eigenvalue weighted by Crippen LogP contribution is -2.13. The molecule has 0 bridgehead atoms. The normalized spacial score (nSPS) is 9.89. The summed E-state index contributed by atoms with van der Waals surface area (Å²) < 4.78 is 4.71. The molecule has 18 heavy (non-hydrogen) atoms. The number of aromatic nitrogens is 2. The Balaban J connectivity index is 2.63. The number of nitrogens with zero attached hydrogens (tertiary/aromatic N) is 3. The van der Waals surface area contributed by atoms with E-state index in [0.717, 1.165) is 6.20 Å². The van der Waals surface area contributed by atoms with Crippen molar-refractivity contribution in [2.45, 2.75) is 13.3 Å². The molecule has 0 amide bonds. The standard InChI is InChI=1S/C9H11ClN4O4/c1-2-18-7(15)3-4-11-8-6(14(16)17)5-12-9(10)13-8/h5H,2-4H2,1H3,(H,11,12,13). The topological polar surface area (TPSA) is 107 Å². The van der Waals surface area contributed by atoms with Gasteiger partial charge < -0.3 is 10.1 Å². The third-order valence-electron chi connectivity index (χ3n) is 1.86. The molecular weight excluding hydrogens is 264 g/mol. The predicted molar refractivity (Wildman–Crippen MR) is 63.4 cm³/mol. The minimum absolute atomic E-state index is 0.0238. The Kier molecular flexibility index (Phi) is 5.25. The van der Waals surface area contributed by atoms with Crippen molar-refractivity contribution in [1.29, 1.82) is 0 Å². The first-order valence-electron chi connectivity index (χ1n) is 5.11. The van der Waals surface area contributed by atoms with Crippen molar-refractivity contribution >= 4 is 29.1 Å². The lowest BCUT2D eigenvalue weighted by atomic mass is 10.4. The zero-order valence-electron chi connectivity index (χ0n) is 9.55. The van der Waals surface area contributed by atoms with Crippen molar-refractivity contribution in [3.05, 3.63) is 21.6 Å². The highest BCUT2D eigenvalue weighted by Gasteiger charge is 2.16. The number of nitrogens with one attached hydrogen (secondary N) is 1. The largest absolute Gasteiger partial charge is 0.466 e. The van der Waals surface area contributed by atoms with Crippen LogP contribution < -0.4 is 5.32 Å². The van der Waals surface area contributed by atoms with Gasteiger partial charge in [-0.25, -0.2) is 4.98 Å². The van der Waals surface area contributed by atoms with Gasteiger partial charge in [0.05, 0.1) is 18.0 Å². The van der Waals surface area contributed by atoms with Crippen molar-refractivity contribution in [3.63, 3.8) is 0 Å². The van der Waals surface area contributed by atoms with Crippen molar-refractivity contribution in [2.75, 3.05) is 18.5 Å². The molecule has 1 N–H and O–H groups in total. The molecule has 98 valence electrons. The monoisotopic (exact) mass is 274 g/mol. The summed E-state index contributed by atoms with van der Waals surface area (Å²) in [6.45, 7) is 2.14. The van der Waals surface area contributed by atoms with E-state index in [4.69, 9.17) is 16.3 Å². The summed E-state index contributed by atoms with van der Waals surface area (Å²) in [7, 11) is 0. The van der Waals surface area contributed by atoms with Crippen molar-refractivity contribution in [2.24, 2.45) is 0 Å². The summed E-state index contributed by atoms with van der Waals surface area (Å²) in [6, 6.07) is 0. The van der Waals surface area contributed by atoms with Crippen LogP contribution in [0.4, 0.5) is 11.5 Å². The second-order valence-electron chi connectivity index (χ2n) is 3.11. The van der Waals surface area contributed by atoms with Gasteiger partial charge in [0.25, 0.3) is 0 Å². The van der Waals surface area contributed by atoms with E-state index < -0.39 is 10.9 Å². The number of ether oxygens (including phenoxy) is 1. The summed E-state index contributed by atoms with van der Waals surface area (Å²) >= 11 is 5.54. The van der Waals surface area contributed by atoms with Gasteiger partial charge >= 0.3 is 11.7 Å². The number of rotatable bonds is 6. The number of nitro groups is 1. The molecule has 0 radical (unpaired) electrons. The van der Waals surface area contributed by atoms with E-state index in [-0.39, 0.29) is 36.4 Å². The van der Waals surface area contributed by atoms with Gasteiger partial charge in [0.1, 0.15) is 6.20 Å². The summed E-state index contributed by atoms with van der Waals surface area (Å²) in [5, 5.41) is 13.2. The molecule has 1 heterocycles. The maximum atomic E-state index is 11.1. The number of hydrogen-bond donors (Lipinski definition) is 1. The molecule has 0 aliphatic rings. The maximum absolute atomic E-state index is 11.1. The zero-order chi connectivity index (χ0) is 13.5. The van der Waals surface area contributed by atoms with Crippen molar-refractivity contribution in [3.8, 4) is 0 Å². The number of anilines is 1. The highest BCUT2D eigenvalue weighted by atomic mass is 35.5. The highest BCUT2D eigenvalue weighted by molar-refractivity contribution is 6.28. The first kappa shape index (κ1) is 14.1. The fourth-order valence-corrected chi connectivity index (χ4v) is 1.27. The predicted octanol–water partition coefficient (Wildman–Crippen LogP) is 1.40. The van der Waals surface area contributed by atoms with E-state index in [0.29, 0.717) is 0 Å². The summed E-state index contributed by atoms with van der Waals surface area (Å²) in [5.41, 5.74) is -0.303. The molecule has 0 spiro atoms. The van der Waals surface area contributed by atoms with E-state index in [1.54, 1.807) is 6.92 Å². The van der Waals surface area contributed by atoms with Crippen LogP contribution in [0.15, 0.2) is 6.20 Å². The number of halogens is 1. The number of esters is 1. The van der Waals surface area contributed by atoms with Crippen LogP contribution >= 0.6 is 11.6 Å². The Hall–Kier alpha value is -1.96. The molecule has 8 nitrogen and oxygen atoms in total. The average molecular weight is 275 g/mol. The molecule has 1 aromatic heterocycles. The molecule has 9 heteroatoms. The van der Waals surface area contributed by atoms with Gasteiger partial charge in [-0.05, 0) is 18.5 Å². The summed E-state index contributed by atoms with van der Waals surface area (Å²) in [6.07, 6.45) is 1.08.